The van der Waals surface area contributed by atoms with Gasteiger partial charge in [0.1, 0.15) is 5.75 Å². The van der Waals surface area contributed by atoms with Gasteiger partial charge in [0, 0.05) is 49.2 Å². The number of H-pyrrole nitrogens is 1. The molecule has 36 heavy (non-hydrogen) atoms. The first kappa shape index (κ1) is 26.2. The lowest BCUT2D eigenvalue weighted by molar-refractivity contribution is 0.0289. The predicted molar refractivity (Wildman–Crippen MR) is 139 cm³/mol. The Morgan fingerprint density at radius 3 is 2.67 bits per heavy atom. The molecule has 1 aliphatic heterocycles. The highest BCUT2D eigenvalue weighted by Gasteiger charge is 2.30. The van der Waals surface area contributed by atoms with Crippen LogP contribution < -0.4 is 10.3 Å². The fourth-order valence-corrected chi connectivity index (χ4v) is 4.75. The molecule has 1 atom stereocenters. The number of hydrogen-bond donors (Lipinski definition) is 1. The van der Waals surface area contributed by atoms with E-state index in [0.717, 1.165) is 68.3 Å². The maximum Gasteiger partial charge on any atom is 0.252 e. The first-order valence-corrected chi connectivity index (χ1v) is 12.9. The Bertz CT molecular complexity index is 1190. The Labute approximate surface area is 212 Å². The molecule has 1 aromatic carbocycles. The highest BCUT2D eigenvalue weighted by molar-refractivity contribution is 5.80. The monoisotopic (exact) mass is 497 g/mol. The average molecular weight is 498 g/mol. The van der Waals surface area contributed by atoms with E-state index in [0.29, 0.717) is 18.7 Å². The van der Waals surface area contributed by atoms with Gasteiger partial charge in [-0.1, -0.05) is 6.92 Å². The highest BCUT2D eigenvalue weighted by Crippen LogP contribution is 2.28. The fraction of sp³-hybridized carbons (Fsp3) is 0.615. The van der Waals surface area contributed by atoms with Crippen LogP contribution in [0.5, 0.6) is 5.75 Å². The largest absolute Gasteiger partial charge is 0.494 e. The van der Waals surface area contributed by atoms with Crippen LogP contribution in [0.1, 0.15) is 58.5 Å². The number of aromatic nitrogens is 5. The molecule has 0 aliphatic carbocycles. The van der Waals surface area contributed by atoms with E-state index in [9.17, 15) is 4.79 Å². The van der Waals surface area contributed by atoms with Crippen molar-refractivity contribution in [2.75, 3.05) is 46.0 Å². The summed E-state index contributed by atoms with van der Waals surface area (Å²) in [6.45, 7) is 16.5. The lowest BCUT2D eigenvalue weighted by Crippen LogP contribution is -2.43. The minimum atomic E-state index is -0.252. The second kappa shape index (κ2) is 11.5. The molecule has 1 fully saturated rings. The van der Waals surface area contributed by atoms with Gasteiger partial charge < -0.3 is 14.5 Å². The molecule has 0 saturated carbocycles. The molecule has 1 N–H and O–H groups in total. The van der Waals surface area contributed by atoms with Crippen LogP contribution in [-0.4, -0.2) is 81.0 Å². The zero-order valence-corrected chi connectivity index (χ0v) is 22.2. The van der Waals surface area contributed by atoms with Crippen LogP contribution in [0, 0.1) is 0 Å². The Balaban J connectivity index is 1.67. The Morgan fingerprint density at radius 2 is 1.97 bits per heavy atom. The second-order valence-electron chi connectivity index (χ2n) is 10.3. The van der Waals surface area contributed by atoms with Gasteiger partial charge in [-0.05, 0) is 68.8 Å². The first-order valence-electron chi connectivity index (χ1n) is 12.9. The summed E-state index contributed by atoms with van der Waals surface area (Å²) in [4.78, 5) is 20.9. The summed E-state index contributed by atoms with van der Waals surface area (Å²) in [7, 11) is 0. The van der Waals surface area contributed by atoms with Gasteiger partial charge >= 0.3 is 0 Å². The molecule has 3 heterocycles. The molecule has 3 aromatic rings. The second-order valence-corrected chi connectivity index (χ2v) is 10.3. The maximum absolute atomic E-state index is 13.1. The molecular formula is C26H39N7O3. The van der Waals surface area contributed by atoms with Crippen molar-refractivity contribution < 1.29 is 9.47 Å². The van der Waals surface area contributed by atoms with Gasteiger partial charge in [0.2, 0.25) is 0 Å². The molecule has 0 radical (unpaired) electrons. The van der Waals surface area contributed by atoms with E-state index in [1.165, 1.54) is 0 Å². The number of morpholine rings is 1. The molecule has 1 aliphatic rings. The van der Waals surface area contributed by atoms with Gasteiger partial charge in [-0.15, -0.1) is 5.10 Å². The Hall–Kier alpha value is -2.82. The van der Waals surface area contributed by atoms with E-state index in [4.69, 9.17) is 9.47 Å². The van der Waals surface area contributed by atoms with Crippen LogP contribution in [0.3, 0.4) is 0 Å². The van der Waals surface area contributed by atoms with Gasteiger partial charge in [0.05, 0.1) is 31.4 Å². The Kier molecular flexibility index (Phi) is 8.38. The third-order valence-electron chi connectivity index (χ3n) is 6.64. The molecule has 1 saturated heterocycles. The van der Waals surface area contributed by atoms with Crippen molar-refractivity contribution in [3.8, 4) is 5.75 Å². The molecule has 10 nitrogen and oxygen atoms in total. The molecule has 0 spiro atoms. The van der Waals surface area contributed by atoms with Crippen LogP contribution in [0.4, 0.5) is 0 Å². The lowest BCUT2D eigenvalue weighted by atomic mass is 10.1. The van der Waals surface area contributed by atoms with Crippen LogP contribution in [0.25, 0.3) is 10.9 Å². The number of rotatable bonds is 10. The smallest absolute Gasteiger partial charge is 0.252 e. The van der Waals surface area contributed by atoms with E-state index < -0.39 is 0 Å². The molecule has 196 valence electrons. The topological polar surface area (TPSA) is 101 Å². The third-order valence-corrected chi connectivity index (χ3v) is 6.64. The van der Waals surface area contributed by atoms with Crippen LogP contribution in [-0.2, 0) is 16.8 Å². The van der Waals surface area contributed by atoms with E-state index in [-0.39, 0.29) is 17.1 Å². The zero-order chi connectivity index (χ0) is 25.7. The summed E-state index contributed by atoms with van der Waals surface area (Å²) in [5, 5.41) is 13.7. The molecule has 2 aromatic heterocycles. The van der Waals surface area contributed by atoms with Gasteiger partial charge in [-0.2, -0.15) is 0 Å². The number of nitrogens with one attached hydrogen (secondary N) is 1. The van der Waals surface area contributed by atoms with E-state index in [1.807, 2.05) is 35.9 Å². The minimum absolute atomic E-state index is 0.0369. The lowest BCUT2D eigenvalue weighted by Gasteiger charge is -2.34. The standard InChI is InChI=1S/C26H39N7O3/c1-6-23(24-28-29-30-33(24)26(3,4)5)32(11-10-31-12-14-35-15-13-31)18-20-16-19-17-21(36-7-2)8-9-22(19)27-25(20)34/h8-9,16-17,23H,6-7,10-15,18H2,1-5H3,(H,27,34). The summed E-state index contributed by atoms with van der Waals surface area (Å²) in [6, 6.07) is 7.71. The van der Waals surface area contributed by atoms with E-state index in [1.54, 1.807) is 0 Å². The van der Waals surface area contributed by atoms with Gasteiger partial charge in [-0.25, -0.2) is 4.68 Å². The average Bonchev–Trinajstić information content (AvgIpc) is 3.35. The molecule has 10 heteroatoms. The van der Waals surface area contributed by atoms with Crippen molar-refractivity contribution in [3.63, 3.8) is 0 Å². The first-order chi connectivity index (χ1) is 17.3. The van der Waals surface area contributed by atoms with Gasteiger partial charge in [0.15, 0.2) is 5.82 Å². The fourth-order valence-electron chi connectivity index (χ4n) is 4.75. The molecule has 0 amide bonds. The predicted octanol–water partition coefficient (Wildman–Crippen LogP) is 2.95. The van der Waals surface area contributed by atoms with Crippen molar-refractivity contribution in [2.24, 2.45) is 0 Å². The molecular weight excluding hydrogens is 458 g/mol. The van der Waals surface area contributed by atoms with Crippen molar-refractivity contribution in [1.82, 2.24) is 35.0 Å². The van der Waals surface area contributed by atoms with Crippen LogP contribution in [0.15, 0.2) is 29.1 Å². The van der Waals surface area contributed by atoms with Gasteiger partial charge in [-0.3, -0.25) is 14.6 Å². The SMILES string of the molecule is CCOc1ccc2[nH]c(=O)c(CN(CCN3CCOCC3)C(CC)c3nnnn3C(C)(C)C)cc2c1. The molecule has 1 unspecified atom stereocenters. The van der Waals surface area contributed by atoms with Crippen molar-refractivity contribution in [3.05, 3.63) is 46.0 Å². The van der Waals surface area contributed by atoms with E-state index >= 15 is 0 Å². The number of benzene rings is 1. The molecule has 4 rings (SSSR count). The number of hydrogen-bond acceptors (Lipinski definition) is 8. The Morgan fingerprint density at radius 1 is 1.19 bits per heavy atom. The number of nitrogens with zero attached hydrogens (tertiary/aromatic N) is 6. The van der Waals surface area contributed by atoms with Gasteiger partial charge in [0.25, 0.3) is 5.56 Å². The quantitative estimate of drug-likeness (QED) is 0.456. The highest BCUT2D eigenvalue weighted by atomic mass is 16.5. The number of pyridine rings is 1. The summed E-state index contributed by atoms with van der Waals surface area (Å²) in [6.07, 6.45) is 0.819. The van der Waals surface area contributed by atoms with Crippen molar-refractivity contribution in [2.45, 2.75) is 59.2 Å². The zero-order valence-electron chi connectivity index (χ0n) is 22.2. The number of ether oxygens (including phenoxy) is 2. The minimum Gasteiger partial charge on any atom is -0.494 e. The summed E-state index contributed by atoms with van der Waals surface area (Å²) >= 11 is 0. The third kappa shape index (κ3) is 6.11. The summed E-state index contributed by atoms with van der Waals surface area (Å²) < 4.78 is 13.1. The summed E-state index contributed by atoms with van der Waals surface area (Å²) in [5.74, 6) is 1.62. The molecule has 0 bridgehead atoms. The van der Waals surface area contributed by atoms with Crippen molar-refractivity contribution in [1.29, 1.82) is 0 Å². The number of fused-ring (bicyclic) bond motifs is 1. The maximum atomic E-state index is 13.1. The number of tetrazole rings is 1. The normalized spacial score (nSPS) is 16.1. The van der Waals surface area contributed by atoms with E-state index in [2.05, 4.69) is 58.0 Å². The van der Waals surface area contributed by atoms with Crippen LogP contribution >= 0.6 is 0 Å². The summed E-state index contributed by atoms with van der Waals surface area (Å²) in [5.41, 5.74) is 1.19. The van der Waals surface area contributed by atoms with Crippen molar-refractivity contribution >= 4 is 10.9 Å². The number of aromatic amines is 1. The van der Waals surface area contributed by atoms with Crippen LogP contribution in [0.2, 0.25) is 0 Å².